The van der Waals surface area contributed by atoms with E-state index in [9.17, 15) is 4.79 Å². The predicted molar refractivity (Wildman–Crippen MR) is 79.3 cm³/mol. The van der Waals surface area contributed by atoms with E-state index in [0.29, 0.717) is 13.2 Å². The maximum Gasteiger partial charge on any atom is 0.307 e. The molecule has 2 aromatic carbocycles. The molecule has 2 rings (SSSR count). The number of benzene rings is 2. The molecule has 0 saturated heterocycles. The van der Waals surface area contributed by atoms with Gasteiger partial charge in [0.25, 0.3) is 0 Å². The molecule has 0 atom stereocenters. The summed E-state index contributed by atoms with van der Waals surface area (Å²) in [4.78, 5) is 10.9. The van der Waals surface area contributed by atoms with Crippen LogP contribution in [-0.4, -0.2) is 18.2 Å². The largest absolute Gasteiger partial charge is 0.489 e. The molecule has 0 spiro atoms. The van der Waals surface area contributed by atoms with Gasteiger partial charge in [-0.25, -0.2) is 0 Å². The molecule has 21 heavy (non-hydrogen) atoms. The van der Waals surface area contributed by atoms with Gasteiger partial charge in [0.15, 0.2) is 0 Å². The van der Waals surface area contributed by atoms with E-state index in [1.54, 1.807) is 7.11 Å². The molecule has 0 saturated carbocycles. The fourth-order valence-electron chi connectivity index (χ4n) is 2.09. The Morgan fingerprint density at radius 1 is 1.05 bits per heavy atom. The van der Waals surface area contributed by atoms with Crippen molar-refractivity contribution in [2.24, 2.45) is 0 Å². The first-order valence-corrected chi connectivity index (χ1v) is 6.68. The minimum atomic E-state index is -0.843. The van der Waals surface area contributed by atoms with Gasteiger partial charge in [0, 0.05) is 7.11 Å². The molecular weight excluding hydrogens is 268 g/mol. The van der Waals surface area contributed by atoms with Crippen molar-refractivity contribution in [3.63, 3.8) is 0 Å². The van der Waals surface area contributed by atoms with Gasteiger partial charge < -0.3 is 14.6 Å². The summed E-state index contributed by atoms with van der Waals surface area (Å²) < 4.78 is 10.8. The smallest absolute Gasteiger partial charge is 0.307 e. The SMILES string of the molecule is COCc1cccc(OCc2ccccc2CC(=O)O)c1. The van der Waals surface area contributed by atoms with Crippen molar-refractivity contribution in [2.75, 3.05) is 7.11 Å². The first kappa shape index (κ1) is 15.1. The molecule has 0 amide bonds. The Morgan fingerprint density at radius 2 is 1.81 bits per heavy atom. The van der Waals surface area contributed by atoms with E-state index in [-0.39, 0.29) is 6.42 Å². The third kappa shape index (κ3) is 4.61. The van der Waals surface area contributed by atoms with E-state index >= 15 is 0 Å². The summed E-state index contributed by atoms with van der Waals surface area (Å²) in [5, 5.41) is 8.92. The summed E-state index contributed by atoms with van der Waals surface area (Å²) in [6.07, 6.45) is 0.00322. The van der Waals surface area contributed by atoms with Crippen LogP contribution in [0.15, 0.2) is 48.5 Å². The molecule has 0 radical (unpaired) electrons. The van der Waals surface area contributed by atoms with E-state index < -0.39 is 5.97 Å². The third-order valence-corrected chi connectivity index (χ3v) is 3.06. The first-order chi connectivity index (χ1) is 10.2. The second-order valence-corrected chi connectivity index (χ2v) is 4.71. The average molecular weight is 286 g/mol. The van der Waals surface area contributed by atoms with E-state index in [1.807, 2.05) is 48.5 Å². The molecule has 0 aromatic heterocycles. The summed E-state index contributed by atoms with van der Waals surface area (Å²) in [6.45, 7) is 0.882. The fraction of sp³-hybridized carbons (Fsp3) is 0.235. The van der Waals surface area contributed by atoms with Gasteiger partial charge in [0.05, 0.1) is 13.0 Å². The highest BCUT2D eigenvalue weighted by atomic mass is 16.5. The lowest BCUT2D eigenvalue weighted by atomic mass is 10.1. The van der Waals surface area contributed by atoms with Gasteiger partial charge >= 0.3 is 5.97 Å². The van der Waals surface area contributed by atoms with E-state index in [4.69, 9.17) is 14.6 Å². The molecule has 0 unspecified atom stereocenters. The second-order valence-electron chi connectivity index (χ2n) is 4.71. The minimum absolute atomic E-state index is 0.00322. The Morgan fingerprint density at radius 3 is 2.52 bits per heavy atom. The van der Waals surface area contributed by atoms with E-state index in [2.05, 4.69) is 0 Å². The zero-order chi connectivity index (χ0) is 15.1. The molecule has 0 aliphatic carbocycles. The highest BCUT2D eigenvalue weighted by molar-refractivity contribution is 5.70. The number of carboxylic acid groups (broad SMARTS) is 1. The van der Waals surface area contributed by atoms with Gasteiger partial charge in [0.1, 0.15) is 12.4 Å². The van der Waals surface area contributed by atoms with Crippen molar-refractivity contribution < 1.29 is 19.4 Å². The molecule has 0 aliphatic rings. The minimum Gasteiger partial charge on any atom is -0.489 e. The topological polar surface area (TPSA) is 55.8 Å². The lowest BCUT2D eigenvalue weighted by Gasteiger charge is -2.11. The van der Waals surface area contributed by atoms with Crippen molar-refractivity contribution in [3.8, 4) is 5.75 Å². The molecule has 4 heteroatoms. The highest BCUT2D eigenvalue weighted by Crippen LogP contribution is 2.17. The Labute approximate surface area is 123 Å². The Hall–Kier alpha value is -2.33. The molecule has 0 heterocycles. The van der Waals surface area contributed by atoms with Crippen molar-refractivity contribution in [3.05, 3.63) is 65.2 Å². The standard InChI is InChI=1S/C17H18O4/c1-20-11-13-5-4-8-16(9-13)21-12-15-7-3-2-6-14(15)10-17(18)19/h2-9H,10-12H2,1H3,(H,18,19). The third-order valence-electron chi connectivity index (χ3n) is 3.06. The second kappa shape index (κ2) is 7.45. The van der Waals surface area contributed by atoms with Crippen molar-refractivity contribution in [2.45, 2.75) is 19.6 Å². The van der Waals surface area contributed by atoms with Gasteiger partial charge in [0.2, 0.25) is 0 Å². The van der Waals surface area contributed by atoms with Gasteiger partial charge in [-0.1, -0.05) is 36.4 Å². The zero-order valence-electron chi connectivity index (χ0n) is 11.9. The molecule has 0 fully saturated rings. The molecule has 0 bridgehead atoms. The number of carbonyl (C=O) groups is 1. The quantitative estimate of drug-likeness (QED) is 0.850. The monoisotopic (exact) mass is 286 g/mol. The van der Waals surface area contributed by atoms with Gasteiger partial charge in [-0.05, 0) is 28.8 Å². The number of hydrogen-bond donors (Lipinski definition) is 1. The van der Waals surface area contributed by atoms with Crippen LogP contribution < -0.4 is 4.74 Å². The summed E-state index contributed by atoms with van der Waals surface area (Å²) in [5.74, 6) is -0.0979. The lowest BCUT2D eigenvalue weighted by molar-refractivity contribution is -0.136. The molecular formula is C17H18O4. The number of carboxylic acids is 1. The van der Waals surface area contributed by atoms with Crippen LogP contribution in [0.25, 0.3) is 0 Å². The van der Waals surface area contributed by atoms with Gasteiger partial charge in [-0.2, -0.15) is 0 Å². The van der Waals surface area contributed by atoms with E-state index in [0.717, 1.165) is 22.4 Å². The zero-order valence-corrected chi connectivity index (χ0v) is 11.9. The number of rotatable bonds is 7. The Kier molecular flexibility index (Phi) is 5.35. The van der Waals surface area contributed by atoms with Crippen molar-refractivity contribution >= 4 is 5.97 Å². The first-order valence-electron chi connectivity index (χ1n) is 6.68. The number of methoxy groups -OCH3 is 1. The normalized spacial score (nSPS) is 10.3. The lowest BCUT2D eigenvalue weighted by Crippen LogP contribution is -2.06. The predicted octanol–water partition coefficient (Wildman–Crippen LogP) is 3.04. The van der Waals surface area contributed by atoms with Gasteiger partial charge in [-0.15, -0.1) is 0 Å². The van der Waals surface area contributed by atoms with Crippen LogP contribution >= 0.6 is 0 Å². The van der Waals surface area contributed by atoms with Crippen LogP contribution in [0.3, 0.4) is 0 Å². The maximum absolute atomic E-state index is 10.9. The van der Waals surface area contributed by atoms with Crippen molar-refractivity contribution in [1.82, 2.24) is 0 Å². The number of aliphatic carboxylic acids is 1. The number of ether oxygens (including phenoxy) is 2. The Bertz CT molecular complexity index is 607. The summed E-state index contributed by atoms with van der Waals surface area (Å²) in [6, 6.07) is 15.1. The van der Waals surface area contributed by atoms with Crippen LogP contribution in [-0.2, 0) is 29.2 Å². The van der Waals surface area contributed by atoms with Crippen LogP contribution in [0.5, 0.6) is 5.75 Å². The van der Waals surface area contributed by atoms with Crippen LogP contribution in [0.1, 0.15) is 16.7 Å². The summed E-state index contributed by atoms with van der Waals surface area (Å²) in [5.41, 5.74) is 2.70. The van der Waals surface area contributed by atoms with Crippen molar-refractivity contribution in [1.29, 1.82) is 0 Å². The maximum atomic E-state index is 10.9. The van der Waals surface area contributed by atoms with Crippen LogP contribution in [0.4, 0.5) is 0 Å². The number of hydrogen-bond acceptors (Lipinski definition) is 3. The highest BCUT2D eigenvalue weighted by Gasteiger charge is 2.07. The molecule has 4 nitrogen and oxygen atoms in total. The average Bonchev–Trinajstić information content (AvgIpc) is 2.47. The van der Waals surface area contributed by atoms with Crippen LogP contribution in [0, 0.1) is 0 Å². The molecule has 1 N–H and O–H groups in total. The Balaban J connectivity index is 2.06. The molecule has 0 aliphatic heterocycles. The molecule has 110 valence electrons. The summed E-state index contributed by atoms with van der Waals surface area (Å²) >= 11 is 0. The van der Waals surface area contributed by atoms with E-state index in [1.165, 1.54) is 0 Å². The van der Waals surface area contributed by atoms with Crippen LogP contribution in [0.2, 0.25) is 0 Å². The molecule has 2 aromatic rings. The fourth-order valence-corrected chi connectivity index (χ4v) is 2.09. The summed E-state index contributed by atoms with van der Waals surface area (Å²) in [7, 11) is 1.65. The van der Waals surface area contributed by atoms with Gasteiger partial charge in [-0.3, -0.25) is 4.79 Å².